The van der Waals surface area contributed by atoms with Gasteiger partial charge in [0.2, 0.25) is 5.88 Å². The fourth-order valence-corrected chi connectivity index (χ4v) is 1.90. The van der Waals surface area contributed by atoms with Gasteiger partial charge in [-0.1, -0.05) is 0 Å². The smallest absolute Gasteiger partial charge is 0.336 e. The van der Waals surface area contributed by atoms with Crippen molar-refractivity contribution in [3.63, 3.8) is 0 Å². The van der Waals surface area contributed by atoms with E-state index in [4.69, 9.17) is 10.5 Å². The van der Waals surface area contributed by atoms with Gasteiger partial charge in [0.05, 0.1) is 54.3 Å². The zero-order valence-electron chi connectivity index (χ0n) is 16.8. The van der Waals surface area contributed by atoms with Crippen molar-refractivity contribution in [1.29, 1.82) is 0 Å². The van der Waals surface area contributed by atoms with Crippen LogP contribution in [0, 0.1) is 37.7 Å². The molecule has 13 nitrogen and oxygen atoms in total. The van der Waals surface area contributed by atoms with Gasteiger partial charge in [0.25, 0.3) is 5.88 Å². The Kier molecular flexibility index (Phi) is 9.70. The molecule has 3 rings (SSSR count). The summed E-state index contributed by atoms with van der Waals surface area (Å²) >= 11 is 0. The van der Waals surface area contributed by atoms with Crippen molar-refractivity contribution in [1.82, 2.24) is 15.0 Å². The molecule has 3 aromatic rings. The average molecular weight is 472 g/mol. The van der Waals surface area contributed by atoms with Crippen LogP contribution in [-0.2, 0) is 0 Å². The van der Waals surface area contributed by atoms with E-state index in [1.54, 1.807) is 0 Å². The van der Waals surface area contributed by atoms with Gasteiger partial charge >= 0.3 is 16.9 Å². The number of halogens is 3. The minimum absolute atomic E-state index is 0.193. The van der Waals surface area contributed by atoms with Crippen molar-refractivity contribution in [3.8, 4) is 11.8 Å². The summed E-state index contributed by atoms with van der Waals surface area (Å²) < 4.78 is 46.2. The standard InChI is InChI=1S/C6H5FN2O3.C6H7FN2O.C5H3FN2O3/c1-12-6-5(9(10)11)2-4(7)3-8-6;1-10-6-5(8)2-4(7)3-9-6;6-3-1-4(8(10)11)5(9)7-2-3/h2-3H,1H3;2-3H,8H2,1H3;1-2H,(H,7,9). The molecular formula is C17H15F3N6O7. The van der Waals surface area contributed by atoms with E-state index in [0.29, 0.717) is 6.07 Å². The van der Waals surface area contributed by atoms with Crippen molar-refractivity contribution in [3.05, 3.63) is 84.8 Å². The number of nitrogens with two attached hydrogens (primary N) is 1. The number of nitrogens with zero attached hydrogens (tertiary/aromatic N) is 4. The maximum atomic E-state index is 12.4. The van der Waals surface area contributed by atoms with Gasteiger partial charge in [0.1, 0.15) is 17.5 Å². The van der Waals surface area contributed by atoms with E-state index < -0.39 is 44.2 Å². The molecule has 176 valence electrons. The van der Waals surface area contributed by atoms with Gasteiger partial charge in [-0.3, -0.25) is 25.0 Å². The Morgan fingerprint density at radius 3 is 1.82 bits per heavy atom. The molecule has 0 saturated heterocycles. The van der Waals surface area contributed by atoms with E-state index >= 15 is 0 Å². The first kappa shape index (κ1) is 26.3. The lowest BCUT2D eigenvalue weighted by molar-refractivity contribution is -0.386. The molecule has 3 aromatic heterocycles. The number of nitrogen functional groups attached to an aromatic ring is 1. The summed E-state index contributed by atoms with van der Waals surface area (Å²) in [6.07, 6.45) is 2.66. The lowest BCUT2D eigenvalue weighted by atomic mass is 10.4. The van der Waals surface area contributed by atoms with Gasteiger partial charge in [-0.25, -0.2) is 23.1 Å². The molecule has 0 spiro atoms. The Hall–Kier alpha value is -4.76. The molecule has 0 unspecified atom stereocenters. The normalized spacial score (nSPS) is 9.48. The predicted molar refractivity (Wildman–Crippen MR) is 106 cm³/mol. The Bertz CT molecular complexity index is 1190. The topological polar surface area (TPSA) is 189 Å². The molecule has 16 heteroatoms. The molecule has 0 fully saturated rings. The average Bonchev–Trinajstić information content (AvgIpc) is 2.76. The molecule has 0 aliphatic rings. The Labute approximate surface area is 181 Å². The zero-order valence-corrected chi connectivity index (χ0v) is 16.8. The summed E-state index contributed by atoms with van der Waals surface area (Å²) in [5.41, 5.74) is 3.35. The van der Waals surface area contributed by atoms with Crippen LogP contribution in [0.3, 0.4) is 0 Å². The molecule has 0 aliphatic heterocycles. The number of rotatable bonds is 4. The van der Waals surface area contributed by atoms with E-state index in [2.05, 4.69) is 14.7 Å². The summed E-state index contributed by atoms with van der Waals surface area (Å²) in [4.78, 5) is 37.9. The summed E-state index contributed by atoms with van der Waals surface area (Å²) in [7, 11) is 2.66. The van der Waals surface area contributed by atoms with Crippen LogP contribution in [-0.4, -0.2) is 39.0 Å². The van der Waals surface area contributed by atoms with Crippen LogP contribution in [0.4, 0.5) is 30.2 Å². The fourth-order valence-electron chi connectivity index (χ4n) is 1.90. The molecular weight excluding hydrogens is 457 g/mol. The molecule has 0 aromatic carbocycles. The highest BCUT2D eigenvalue weighted by Crippen LogP contribution is 2.23. The molecule has 0 radical (unpaired) electrons. The van der Waals surface area contributed by atoms with Crippen LogP contribution >= 0.6 is 0 Å². The number of aromatic amines is 1. The van der Waals surface area contributed by atoms with Crippen LogP contribution in [0.2, 0.25) is 0 Å². The predicted octanol–water partition coefficient (Wildman–Crippen LogP) is 2.37. The molecule has 0 atom stereocenters. The highest BCUT2D eigenvalue weighted by Gasteiger charge is 2.16. The van der Waals surface area contributed by atoms with Crippen molar-refractivity contribution >= 4 is 17.1 Å². The second-order valence-corrected chi connectivity index (χ2v) is 5.48. The Morgan fingerprint density at radius 1 is 0.879 bits per heavy atom. The summed E-state index contributed by atoms with van der Waals surface area (Å²) in [6, 6.07) is 2.48. The van der Waals surface area contributed by atoms with Gasteiger partial charge in [0, 0.05) is 12.3 Å². The van der Waals surface area contributed by atoms with Crippen LogP contribution in [0.1, 0.15) is 0 Å². The maximum Gasteiger partial charge on any atom is 0.336 e. The van der Waals surface area contributed by atoms with Gasteiger partial charge in [-0.05, 0) is 0 Å². The molecule has 0 saturated carbocycles. The monoisotopic (exact) mass is 472 g/mol. The second kappa shape index (κ2) is 12.2. The Balaban J connectivity index is 0.000000249. The minimum atomic E-state index is -0.943. The van der Waals surface area contributed by atoms with Crippen molar-refractivity contribution in [2.75, 3.05) is 20.0 Å². The number of nitro groups is 2. The van der Waals surface area contributed by atoms with Crippen molar-refractivity contribution in [2.45, 2.75) is 0 Å². The molecule has 0 bridgehead atoms. The molecule has 0 amide bonds. The maximum absolute atomic E-state index is 12.4. The van der Waals surface area contributed by atoms with Gasteiger partial charge < -0.3 is 20.2 Å². The highest BCUT2D eigenvalue weighted by molar-refractivity contribution is 5.47. The number of methoxy groups -OCH3 is 2. The van der Waals surface area contributed by atoms with Gasteiger partial charge in [0.15, 0.2) is 0 Å². The van der Waals surface area contributed by atoms with Gasteiger partial charge in [-0.15, -0.1) is 0 Å². The summed E-state index contributed by atoms with van der Waals surface area (Å²) in [6.45, 7) is 0. The quantitative estimate of drug-likeness (QED) is 0.421. The molecule has 3 N–H and O–H groups in total. The number of hydrogen-bond acceptors (Lipinski definition) is 10. The van der Waals surface area contributed by atoms with E-state index in [-0.39, 0.29) is 17.4 Å². The molecule has 3 heterocycles. The van der Waals surface area contributed by atoms with Crippen molar-refractivity contribution in [2.24, 2.45) is 0 Å². The van der Waals surface area contributed by atoms with Crippen molar-refractivity contribution < 1.29 is 32.5 Å². The number of hydrogen-bond donors (Lipinski definition) is 2. The fraction of sp³-hybridized carbons (Fsp3) is 0.118. The van der Waals surface area contributed by atoms with E-state index in [9.17, 15) is 38.2 Å². The third kappa shape index (κ3) is 8.12. The molecule has 33 heavy (non-hydrogen) atoms. The van der Waals surface area contributed by atoms with Crippen LogP contribution in [0.15, 0.2) is 41.6 Å². The SMILES string of the molecule is COc1ncc(F)cc1N.COc1ncc(F)cc1[N+](=O)[O-].O=c1[nH]cc(F)cc1[N+](=O)[O-]. The first-order valence-electron chi connectivity index (χ1n) is 8.31. The van der Waals surface area contributed by atoms with E-state index in [0.717, 1.165) is 30.7 Å². The van der Waals surface area contributed by atoms with Crippen LogP contribution in [0.25, 0.3) is 0 Å². The largest absolute Gasteiger partial charge is 0.480 e. The van der Waals surface area contributed by atoms with Gasteiger partial charge in [-0.2, -0.15) is 0 Å². The minimum Gasteiger partial charge on any atom is -0.480 e. The number of nitrogens with one attached hydrogen (secondary N) is 1. The summed E-state index contributed by atoms with van der Waals surface area (Å²) in [5, 5.41) is 20.2. The van der Waals surface area contributed by atoms with E-state index in [1.807, 2.05) is 4.98 Å². The number of anilines is 1. The first-order chi connectivity index (χ1) is 15.5. The van der Waals surface area contributed by atoms with Crippen LogP contribution < -0.4 is 20.8 Å². The first-order valence-corrected chi connectivity index (χ1v) is 8.31. The molecule has 0 aliphatic carbocycles. The number of H-pyrrole nitrogens is 1. The third-order valence-electron chi connectivity index (χ3n) is 3.27. The highest BCUT2D eigenvalue weighted by atomic mass is 19.1. The Morgan fingerprint density at radius 2 is 1.36 bits per heavy atom. The third-order valence-corrected chi connectivity index (χ3v) is 3.27. The lowest BCUT2D eigenvalue weighted by Gasteiger charge is -2.00. The van der Waals surface area contributed by atoms with Crippen LogP contribution in [0.5, 0.6) is 11.8 Å². The number of pyridine rings is 3. The second-order valence-electron chi connectivity index (χ2n) is 5.48. The number of aromatic nitrogens is 3. The zero-order chi connectivity index (χ0) is 25.1. The lowest BCUT2D eigenvalue weighted by Crippen LogP contribution is -2.10. The van der Waals surface area contributed by atoms with E-state index in [1.165, 1.54) is 14.2 Å². The summed E-state index contributed by atoms with van der Waals surface area (Å²) in [5.74, 6) is -2.00. The number of ether oxygens (including phenoxy) is 2.